The molecule has 0 aliphatic rings. The van der Waals surface area contributed by atoms with E-state index in [1.807, 2.05) is 55.5 Å². The van der Waals surface area contributed by atoms with E-state index in [4.69, 9.17) is 21.9 Å². The summed E-state index contributed by atoms with van der Waals surface area (Å²) < 4.78 is 5.41. The van der Waals surface area contributed by atoms with E-state index in [1.54, 1.807) is 0 Å². The van der Waals surface area contributed by atoms with Gasteiger partial charge in [0.25, 0.3) is 0 Å². The topological polar surface area (TPSA) is 52.0 Å². The van der Waals surface area contributed by atoms with Crippen LogP contribution in [0.3, 0.4) is 0 Å². The number of nitrogens with two attached hydrogens (primary N) is 1. The van der Waals surface area contributed by atoms with Crippen molar-refractivity contribution in [2.45, 2.75) is 6.92 Å². The molecule has 0 bridgehead atoms. The fourth-order valence-corrected chi connectivity index (χ4v) is 2.44. The van der Waals surface area contributed by atoms with Gasteiger partial charge in [-0.2, -0.15) is 0 Å². The molecule has 3 rings (SSSR count). The van der Waals surface area contributed by atoms with Gasteiger partial charge in [-0.3, -0.25) is 0 Å². The number of rotatable bonds is 2. The Hall–Kier alpha value is -2.26. The maximum absolute atomic E-state index is 6.25. The van der Waals surface area contributed by atoms with Crippen LogP contribution >= 0.6 is 11.6 Å². The number of nitrogens with zero attached hydrogens (tertiary/aromatic N) is 1. The monoisotopic (exact) mass is 284 g/mol. The maximum atomic E-state index is 6.25. The number of benzene rings is 2. The lowest BCUT2D eigenvalue weighted by Crippen LogP contribution is -1.89. The van der Waals surface area contributed by atoms with Crippen molar-refractivity contribution in [3.8, 4) is 22.5 Å². The Labute approximate surface area is 122 Å². The summed E-state index contributed by atoms with van der Waals surface area (Å²) in [7, 11) is 0. The average molecular weight is 285 g/mol. The predicted molar refractivity (Wildman–Crippen MR) is 81.5 cm³/mol. The van der Waals surface area contributed by atoms with Gasteiger partial charge < -0.3 is 10.3 Å². The number of aromatic nitrogens is 1. The Kier molecular flexibility index (Phi) is 3.20. The molecule has 0 radical (unpaired) electrons. The third-order valence-corrected chi connectivity index (χ3v) is 3.47. The molecule has 100 valence electrons. The minimum absolute atomic E-state index is 0.342. The Morgan fingerprint density at radius 1 is 1.10 bits per heavy atom. The molecule has 20 heavy (non-hydrogen) atoms. The van der Waals surface area contributed by atoms with Gasteiger partial charge in [0, 0.05) is 16.1 Å². The number of hydrogen-bond acceptors (Lipinski definition) is 3. The van der Waals surface area contributed by atoms with Crippen LogP contribution in [0.15, 0.2) is 53.1 Å². The molecule has 0 amide bonds. The molecule has 0 atom stereocenters. The molecule has 0 saturated carbocycles. The first-order valence-corrected chi connectivity index (χ1v) is 6.61. The van der Waals surface area contributed by atoms with Crippen LogP contribution < -0.4 is 5.73 Å². The van der Waals surface area contributed by atoms with Gasteiger partial charge in [-0.1, -0.05) is 58.7 Å². The molecule has 0 spiro atoms. The summed E-state index contributed by atoms with van der Waals surface area (Å²) in [6, 6.07) is 15.5. The smallest absolute Gasteiger partial charge is 0.176 e. The van der Waals surface area contributed by atoms with Crippen molar-refractivity contribution in [1.82, 2.24) is 5.16 Å². The van der Waals surface area contributed by atoms with E-state index in [2.05, 4.69) is 5.16 Å². The van der Waals surface area contributed by atoms with Crippen LogP contribution in [-0.2, 0) is 0 Å². The van der Waals surface area contributed by atoms with E-state index in [-0.39, 0.29) is 0 Å². The van der Waals surface area contributed by atoms with Crippen molar-refractivity contribution in [1.29, 1.82) is 0 Å². The second-order valence-electron chi connectivity index (χ2n) is 4.62. The van der Waals surface area contributed by atoms with Crippen LogP contribution in [0.4, 0.5) is 5.82 Å². The Morgan fingerprint density at radius 2 is 1.90 bits per heavy atom. The highest BCUT2D eigenvalue weighted by Crippen LogP contribution is 2.39. The van der Waals surface area contributed by atoms with Crippen LogP contribution in [-0.4, -0.2) is 5.16 Å². The van der Waals surface area contributed by atoms with Gasteiger partial charge in [-0.25, -0.2) is 0 Å². The molecule has 0 saturated heterocycles. The first-order valence-electron chi connectivity index (χ1n) is 6.24. The van der Waals surface area contributed by atoms with Crippen LogP contribution in [0.5, 0.6) is 0 Å². The zero-order valence-electron chi connectivity index (χ0n) is 10.9. The lowest BCUT2D eigenvalue weighted by molar-refractivity contribution is 0.436. The Bertz CT molecular complexity index is 765. The summed E-state index contributed by atoms with van der Waals surface area (Å²) in [5, 5.41) is 4.51. The SMILES string of the molecule is Cc1cccc(-c2onc(N)c2-c2ccccc2Cl)c1. The highest BCUT2D eigenvalue weighted by molar-refractivity contribution is 6.33. The van der Waals surface area contributed by atoms with Crippen molar-refractivity contribution < 1.29 is 4.52 Å². The van der Waals surface area contributed by atoms with Crippen molar-refractivity contribution in [2.24, 2.45) is 0 Å². The first-order chi connectivity index (χ1) is 9.66. The molecule has 0 aliphatic carbocycles. The van der Waals surface area contributed by atoms with Gasteiger partial charge in [-0.15, -0.1) is 0 Å². The quantitative estimate of drug-likeness (QED) is 0.751. The maximum Gasteiger partial charge on any atom is 0.176 e. The van der Waals surface area contributed by atoms with E-state index in [0.717, 1.165) is 22.3 Å². The number of anilines is 1. The van der Waals surface area contributed by atoms with Crippen LogP contribution in [0.1, 0.15) is 5.56 Å². The zero-order valence-corrected chi connectivity index (χ0v) is 11.7. The number of halogens is 1. The number of aryl methyl sites for hydroxylation is 1. The summed E-state index contributed by atoms with van der Waals surface area (Å²) in [5.74, 6) is 0.980. The van der Waals surface area contributed by atoms with E-state index >= 15 is 0 Å². The second kappa shape index (κ2) is 5.02. The average Bonchev–Trinajstić information content (AvgIpc) is 2.81. The molecule has 0 unspecified atom stereocenters. The van der Waals surface area contributed by atoms with Gasteiger partial charge in [0.2, 0.25) is 0 Å². The molecule has 1 aromatic heterocycles. The van der Waals surface area contributed by atoms with E-state index in [1.165, 1.54) is 0 Å². The highest BCUT2D eigenvalue weighted by Gasteiger charge is 2.19. The predicted octanol–water partition coefficient (Wildman–Crippen LogP) is 4.55. The van der Waals surface area contributed by atoms with Gasteiger partial charge >= 0.3 is 0 Å². The summed E-state index contributed by atoms with van der Waals surface area (Å²) in [4.78, 5) is 0. The van der Waals surface area contributed by atoms with Crippen molar-refractivity contribution in [2.75, 3.05) is 5.73 Å². The summed E-state index contributed by atoms with van der Waals surface area (Å²) in [6.07, 6.45) is 0. The molecule has 1 heterocycles. The van der Waals surface area contributed by atoms with Crippen molar-refractivity contribution in [3.63, 3.8) is 0 Å². The summed E-state index contributed by atoms with van der Waals surface area (Å²) >= 11 is 6.25. The molecular formula is C16H13ClN2O. The minimum Gasteiger partial charge on any atom is -0.380 e. The van der Waals surface area contributed by atoms with Gasteiger partial charge in [0.15, 0.2) is 11.6 Å². The number of hydrogen-bond donors (Lipinski definition) is 1. The Morgan fingerprint density at radius 3 is 2.65 bits per heavy atom. The third kappa shape index (κ3) is 2.17. The van der Waals surface area contributed by atoms with Gasteiger partial charge in [0.05, 0.1) is 5.56 Å². The molecule has 2 N–H and O–H groups in total. The molecule has 0 aliphatic heterocycles. The lowest BCUT2D eigenvalue weighted by atomic mass is 10.0. The van der Waals surface area contributed by atoms with Crippen LogP contribution in [0.2, 0.25) is 5.02 Å². The fourth-order valence-electron chi connectivity index (χ4n) is 2.21. The molecule has 2 aromatic carbocycles. The molecule has 4 heteroatoms. The largest absolute Gasteiger partial charge is 0.380 e. The van der Waals surface area contributed by atoms with E-state index in [0.29, 0.717) is 16.6 Å². The van der Waals surface area contributed by atoms with Crippen LogP contribution in [0.25, 0.3) is 22.5 Å². The molecule has 3 aromatic rings. The first kappa shape index (κ1) is 12.8. The van der Waals surface area contributed by atoms with Gasteiger partial charge in [0.1, 0.15) is 0 Å². The zero-order chi connectivity index (χ0) is 14.1. The molecule has 3 nitrogen and oxygen atoms in total. The second-order valence-corrected chi connectivity index (χ2v) is 5.03. The number of nitrogen functional groups attached to an aromatic ring is 1. The molecule has 0 fully saturated rings. The fraction of sp³-hybridized carbons (Fsp3) is 0.0625. The van der Waals surface area contributed by atoms with Crippen molar-refractivity contribution in [3.05, 3.63) is 59.1 Å². The third-order valence-electron chi connectivity index (χ3n) is 3.14. The lowest BCUT2D eigenvalue weighted by Gasteiger charge is -2.05. The highest BCUT2D eigenvalue weighted by atomic mass is 35.5. The summed E-state index contributed by atoms with van der Waals surface area (Å²) in [5.41, 5.74) is 9.59. The van der Waals surface area contributed by atoms with E-state index in [9.17, 15) is 0 Å². The van der Waals surface area contributed by atoms with Crippen molar-refractivity contribution >= 4 is 17.4 Å². The van der Waals surface area contributed by atoms with E-state index < -0.39 is 0 Å². The molecular weight excluding hydrogens is 272 g/mol. The van der Waals surface area contributed by atoms with Crippen LogP contribution in [0, 0.1) is 6.92 Å². The standard InChI is InChI=1S/C16H13ClN2O/c1-10-5-4-6-11(9-10)15-14(16(18)19-20-15)12-7-2-3-8-13(12)17/h2-9H,1H3,(H2,18,19). The Balaban J connectivity index is 2.23. The van der Waals surface area contributed by atoms with Gasteiger partial charge in [-0.05, 0) is 19.1 Å². The minimum atomic E-state index is 0.342. The normalized spacial score (nSPS) is 10.7. The summed E-state index contributed by atoms with van der Waals surface area (Å²) in [6.45, 7) is 2.03.